The first-order chi connectivity index (χ1) is 7.49. The van der Waals surface area contributed by atoms with Gasteiger partial charge in [0.2, 0.25) is 0 Å². The van der Waals surface area contributed by atoms with E-state index in [1.165, 1.54) is 5.56 Å². The third-order valence-electron chi connectivity index (χ3n) is 2.72. The Morgan fingerprint density at radius 1 is 1.25 bits per heavy atom. The highest BCUT2D eigenvalue weighted by molar-refractivity contribution is 6.30. The Labute approximate surface area is 99.9 Å². The van der Waals surface area contributed by atoms with Crippen molar-refractivity contribution in [2.75, 3.05) is 0 Å². The van der Waals surface area contributed by atoms with Crippen molar-refractivity contribution in [3.8, 4) is 0 Å². The summed E-state index contributed by atoms with van der Waals surface area (Å²) in [4.78, 5) is 4.32. The fourth-order valence-corrected chi connectivity index (χ4v) is 2.22. The number of rotatable bonds is 1. The molecule has 2 rings (SSSR count). The summed E-state index contributed by atoms with van der Waals surface area (Å²) in [5.74, 6) is 0. The first kappa shape index (κ1) is 11.4. The molecule has 0 saturated heterocycles. The van der Waals surface area contributed by atoms with E-state index in [0.717, 1.165) is 16.5 Å². The van der Waals surface area contributed by atoms with Crippen molar-refractivity contribution in [1.29, 1.82) is 0 Å². The van der Waals surface area contributed by atoms with Crippen LogP contribution in [0.4, 0.5) is 0 Å². The van der Waals surface area contributed by atoms with Crippen LogP contribution >= 0.6 is 11.6 Å². The van der Waals surface area contributed by atoms with Crippen molar-refractivity contribution >= 4 is 22.5 Å². The summed E-state index contributed by atoms with van der Waals surface area (Å²) in [6.45, 7) is 5.76. The summed E-state index contributed by atoms with van der Waals surface area (Å²) in [6, 6.07) is 6.02. The van der Waals surface area contributed by atoms with Crippen LogP contribution in [0.25, 0.3) is 10.9 Å². The van der Waals surface area contributed by atoms with Crippen molar-refractivity contribution < 1.29 is 5.11 Å². The molecule has 84 valence electrons. The van der Waals surface area contributed by atoms with Crippen molar-refractivity contribution in [1.82, 2.24) is 4.98 Å². The molecule has 0 bridgehead atoms. The number of aliphatic hydroxyl groups excluding tert-OH is 1. The minimum absolute atomic E-state index is 0.382. The van der Waals surface area contributed by atoms with E-state index < -0.39 is 6.10 Å². The van der Waals surface area contributed by atoms with Gasteiger partial charge in [-0.25, -0.2) is 4.98 Å². The molecule has 0 unspecified atom stereocenters. The van der Waals surface area contributed by atoms with Crippen LogP contribution in [0.5, 0.6) is 0 Å². The molecule has 1 aromatic heterocycles. The van der Waals surface area contributed by atoms with E-state index >= 15 is 0 Å². The number of aryl methyl sites for hydroxylation is 2. The van der Waals surface area contributed by atoms with Gasteiger partial charge in [-0.05, 0) is 44.0 Å². The van der Waals surface area contributed by atoms with Crippen molar-refractivity contribution in [3.05, 3.63) is 40.0 Å². The number of aliphatic hydroxyl groups is 1. The highest BCUT2D eigenvalue weighted by Crippen LogP contribution is 2.27. The van der Waals surface area contributed by atoms with Gasteiger partial charge in [0.05, 0.1) is 11.6 Å². The van der Waals surface area contributed by atoms with E-state index in [1.54, 1.807) is 6.92 Å². The molecule has 16 heavy (non-hydrogen) atoms. The minimum Gasteiger partial charge on any atom is -0.389 e. The molecule has 1 aromatic carbocycles. The Balaban J connectivity index is 2.79. The maximum absolute atomic E-state index is 9.59. The molecule has 1 atom stereocenters. The van der Waals surface area contributed by atoms with Crippen LogP contribution in [0.15, 0.2) is 18.2 Å². The molecule has 0 aliphatic heterocycles. The first-order valence-electron chi connectivity index (χ1n) is 5.24. The fraction of sp³-hybridized carbons (Fsp3) is 0.308. The number of benzene rings is 1. The second-order valence-corrected chi connectivity index (χ2v) is 4.55. The molecule has 0 aliphatic rings. The molecular weight excluding hydrogens is 222 g/mol. The van der Waals surface area contributed by atoms with E-state index in [0.29, 0.717) is 10.7 Å². The van der Waals surface area contributed by atoms with Crippen LogP contribution in [0.3, 0.4) is 0 Å². The Bertz CT molecular complexity index is 549. The Hall–Kier alpha value is -1.12. The number of halogens is 1. The number of aromatic nitrogens is 1. The van der Waals surface area contributed by atoms with Crippen LogP contribution < -0.4 is 0 Å². The SMILES string of the molecule is Cc1cc(C)c2cc([C@@H](C)O)c(Cl)nc2c1. The maximum Gasteiger partial charge on any atom is 0.135 e. The molecule has 0 amide bonds. The van der Waals surface area contributed by atoms with Gasteiger partial charge in [-0.2, -0.15) is 0 Å². The number of fused-ring (bicyclic) bond motifs is 1. The quantitative estimate of drug-likeness (QED) is 0.767. The van der Waals surface area contributed by atoms with Crippen molar-refractivity contribution in [2.45, 2.75) is 26.9 Å². The summed E-state index contributed by atoms with van der Waals surface area (Å²) >= 11 is 6.03. The lowest BCUT2D eigenvalue weighted by atomic mass is 10.0. The monoisotopic (exact) mass is 235 g/mol. The second-order valence-electron chi connectivity index (χ2n) is 4.19. The lowest BCUT2D eigenvalue weighted by molar-refractivity contribution is 0.199. The largest absolute Gasteiger partial charge is 0.389 e. The summed E-state index contributed by atoms with van der Waals surface area (Å²) in [5.41, 5.74) is 3.88. The van der Waals surface area contributed by atoms with Crippen LogP contribution in [0, 0.1) is 13.8 Å². The number of nitrogens with zero attached hydrogens (tertiary/aromatic N) is 1. The zero-order chi connectivity index (χ0) is 11.9. The van der Waals surface area contributed by atoms with E-state index in [-0.39, 0.29) is 0 Å². The van der Waals surface area contributed by atoms with Gasteiger partial charge in [0.1, 0.15) is 5.15 Å². The Kier molecular flexibility index (Phi) is 2.87. The summed E-state index contributed by atoms with van der Waals surface area (Å²) < 4.78 is 0. The Morgan fingerprint density at radius 3 is 2.56 bits per heavy atom. The van der Waals surface area contributed by atoms with Crippen LogP contribution in [0.2, 0.25) is 5.15 Å². The summed E-state index contributed by atoms with van der Waals surface area (Å²) in [5, 5.41) is 11.0. The highest BCUT2D eigenvalue weighted by atomic mass is 35.5. The molecule has 0 fully saturated rings. The van der Waals surface area contributed by atoms with Crippen molar-refractivity contribution in [2.24, 2.45) is 0 Å². The average Bonchev–Trinajstić information content (AvgIpc) is 2.15. The fourth-order valence-electron chi connectivity index (χ4n) is 1.91. The van der Waals surface area contributed by atoms with Gasteiger partial charge in [-0.3, -0.25) is 0 Å². The van der Waals surface area contributed by atoms with E-state index in [9.17, 15) is 5.11 Å². The molecular formula is C13H14ClNO. The summed E-state index contributed by atoms with van der Waals surface area (Å²) in [7, 11) is 0. The van der Waals surface area contributed by atoms with Crippen LogP contribution in [-0.2, 0) is 0 Å². The van der Waals surface area contributed by atoms with Gasteiger partial charge in [0.25, 0.3) is 0 Å². The van der Waals surface area contributed by atoms with Crippen molar-refractivity contribution in [3.63, 3.8) is 0 Å². The maximum atomic E-state index is 9.59. The topological polar surface area (TPSA) is 33.1 Å². The normalized spacial score (nSPS) is 13.1. The predicted octanol–water partition coefficient (Wildman–Crippen LogP) is 3.56. The zero-order valence-electron chi connectivity index (χ0n) is 9.58. The number of hydrogen-bond acceptors (Lipinski definition) is 2. The van der Waals surface area contributed by atoms with E-state index in [1.807, 2.05) is 26.0 Å². The molecule has 0 aliphatic carbocycles. The second kappa shape index (κ2) is 4.04. The third-order valence-corrected chi connectivity index (χ3v) is 3.02. The molecule has 0 spiro atoms. The first-order valence-corrected chi connectivity index (χ1v) is 5.62. The standard InChI is InChI=1S/C13H14ClNO/c1-7-4-8(2)10-6-11(9(3)16)13(14)15-12(10)5-7/h4-6,9,16H,1-3H3/t9-/m1/s1. The van der Waals surface area contributed by atoms with E-state index in [4.69, 9.17) is 11.6 Å². The molecule has 2 nitrogen and oxygen atoms in total. The van der Waals surface area contributed by atoms with Gasteiger partial charge in [0.15, 0.2) is 0 Å². The Morgan fingerprint density at radius 2 is 1.94 bits per heavy atom. The molecule has 0 radical (unpaired) electrons. The molecule has 2 aromatic rings. The molecule has 1 N–H and O–H groups in total. The average molecular weight is 236 g/mol. The molecule has 1 heterocycles. The van der Waals surface area contributed by atoms with Crippen LogP contribution in [0.1, 0.15) is 29.7 Å². The van der Waals surface area contributed by atoms with Gasteiger partial charge in [-0.1, -0.05) is 17.7 Å². The molecule has 3 heteroatoms. The predicted molar refractivity (Wildman–Crippen MR) is 66.9 cm³/mol. The van der Waals surface area contributed by atoms with Gasteiger partial charge in [0, 0.05) is 10.9 Å². The summed E-state index contributed by atoms with van der Waals surface area (Å²) in [6.07, 6.45) is -0.592. The zero-order valence-corrected chi connectivity index (χ0v) is 10.3. The number of pyridine rings is 1. The third kappa shape index (κ3) is 1.91. The molecule has 0 saturated carbocycles. The minimum atomic E-state index is -0.592. The van der Waals surface area contributed by atoms with Gasteiger partial charge in [-0.15, -0.1) is 0 Å². The smallest absolute Gasteiger partial charge is 0.135 e. The highest BCUT2D eigenvalue weighted by Gasteiger charge is 2.10. The van der Waals surface area contributed by atoms with Crippen LogP contribution in [-0.4, -0.2) is 10.1 Å². The van der Waals surface area contributed by atoms with E-state index in [2.05, 4.69) is 11.1 Å². The number of hydrogen-bond donors (Lipinski definition) is 1. The van der Waals surface area contributed by atoms with Gasteiger partial charge < -0.3 is 5.11 Å². The lowest BCUT2D eigenvalue weighted by Gasteiger charge is -2.10. The lowest BCUT2D eigenvalue weighted by Crippen LogP contribution is -1.96. The van der Waals surface area contributed by atoms with Gasteiger partial charge >= 0.3 is 0 Å².